The van der Waals surface area contributed by atoms with Gasteiger partial charge in [0.05, 0.1) is 20.8 Å². The van der Waals surface area contributed by atoms with Gasteiger partial charge >= 0.3 is 0 Å². The fourth-order valence-corrected chi connectivity index (χ4v) is 3.11. The van der Waals surface area contributed by atoms with Crippen LogP contribution in [0.2, 0.25) is 0 Å². The molecule has 0 aliphatic rings. The summed E-state index contributed by atoms with van der Waals surface area (Å²) in [4.78, 5) is 0. The molecule has 0 saturated carbocycles. The van der Waals surface area contributed by atoms with Gasteiger partial charge in [-0.15, -0.1) is 7.77 Å². The molecule has 0 N–H and O–H groups in total. The van der Waals surface area contributed by atoms with Crippen LogP contribution < -0.4 is 9.47 Å². The van der Waals surface area contributed by atoms with Crippen molar-refractivity contribution < 1.29 is 21.4 Å². The van der Waals surface area contributed by atoms with Crippen LogP contribution in [0.4, 0.5) is 7.77 Å². The molecule has 0 aliphatic heterocycles. The summed E-state index contributed by atoms with van der Waals surface area (Å²) in [7, 11) is 3.16. The topological polar surface area (TPSA) is 30.9 Å². The van der Waals surface area contributed by atoms with Gasteiger partial charge in [0.15, 0.2) is 0 Å². The van der Waals surface area contributed by atoms with Gasteiger partial charge in [0.2, 0.25) is 11.3 Å². The van der Waals surface area contributed by atoms with E-state index < -0.39 is 11.3 Å². The second-order valence-electron chi connectivity index (χ2n) is 4.66. The Morgan fingerprint density at radius 3 is 2.00 bits per heavy atom. The van der Waals surface area contributed by atoms with Crippen molar-refractivity contribution in [1.82, 2.24) is 4.31 Å². The zero-order valence-corrected chi connectivity index (χ0v) is 14.4. The molecule has 0 bridgehead atoms. The zero-order valence-electron chi connectivity index (χ0n) is 13.6. The van der Waals surface area contributed by atoms with E-state index in [4.69, 9.17) is 13.7 Å². The summed E-state index contributed by atoms with van der Waals surface area (Å²) in [5.74, 6) is 1.38. The fourth-order valence-electron chi connectivity index (χ4n) is 2.04. The first-order valence-corrected chi connectivity index (χ1v) is 8.62. The maximum absolute atomic E-state index is 13.8. The molecule has 0 radical (unpaired) electrons. The Balaban J connectivity index is 2.50. The first kappa shape index (κ1) is 19.0. The van der Waals surface area contributed by atoms with Crippen LogP contribution in [0, 0.1) is 0 Å². The predicted octanol–water partition coefficient (Wildman–Crippen LogP) is 4.40. The molecule has 0 amide bonds. The third-order valence-corrected chi connectivity index (χ3v) is 4.82. The van der Waals surface area contributed by atoms with Gasteiger partial charge < -0.3 is 9.47 Å². The lowest BCUT2D eigenvalue weighted by atomic mass is 10.1. The molecular weight excluding hydrogens is 312 g/mol. The molecule has 0 unspecified atom stereocenters. The van der Waals surface area contributed by atoms with Gasteiger partial charge in [-0.1, -0.05) is 13.8 Å². The molecule has 1 aromatic rings. The smallest absolute Gasteiger partial charge is 0.241 e. The van der Waals surface area contributed by atoms with Crippen molar-refractivity contribution in [1.29, 1.82) is 0 Å². The number of halogens is 2. The van der Waals surface area contributed by atoms with Crippen LogP contribution in [0.3, 0.4) is 0 Å². The van der Waals surface area contributed by atoms with Gasteiger partial charge in [-0.3, -0.25) is 4.18 Å². The number of benzene rings is 1. The minimum atomic E-state index is -4.12. The minimum absolute atomic E-state index is 0.0261. The Bertz CT molecular complexity index is 434. The summed E-state index contributed by atoms with van der Waals surface area (Å²) in [6.45, 7) is 4.00. The number of hydrogen-bond acceptors (Lipinski definition) is 4. The van der Waals surface area contributed by atoms with Crippen molar-refractivity contribution >= 4 is 11.3 Å². The Labute approximate surface area is 133 Å². The molecule has 0 saturated heterocycles. The summed E-state index contributed by atoms with van der Waals surface area (Å²) in [5, 5.41) is 0. The molecule has 7 heteroatoms. The highest BCUT2D eigenvalue weighted by Crippen LogP contribution is 2.55. The highest BCUT2D eigenvalue weighted by Gasteiger charge is 2.30. The first-order chi connectivity index (χ1) is 10.5. The van der Waals surface area contributed by atoms with Crippen molar-refractivity contribution in [3.8, 4) is 11.5 Å². The summed E-state index contributed by atoms with van der Waals surface area (Å²) in [6.07, 6.45) is 1.14. The van der Waals surface area contributed by atoms with Crippen LogP contribution in [-0.4, -0.2) is 38.2 Å². The molecule has 0 fully saturated rings. The number of ether oxygens (including phenoxy) is 2. The maximum atomic E-state index is 13.8. The molecule has 1 aromatic carbocycles. The van der Waals surface area contributed by atoms with Gasteiger partial charge in [0.1, 0.15) is 11.5 Å². The van der Waals surface area contributed by atoms with E-state index in [0.717, 1.165) is 9.87 Å². The lowest BCUT2D eigenvalue weighted by Crippen LogP contribution is -2.24. The number of methoxy groups -OCH3 is 2. The molecule has 0 atom stereocenters. The number of nitrogens with zero attached hydrogens (tertiary/aromatic N) is 1. The molecule has 0 aromatic heterocycles. The molecule has 1 rings (SSSR count). The lowest BCUT2D eigenvalue weighted by Gasteiger charge is -2.31. The number of aryl methyl sites for hydroxylation is 1. The quantitative estimate of drug-likeness (QED) is 0.592. The van der Waals surface area contributed by atoms with Crippen LogP contribution in [0.5, 0.6) is 11.5 Å². The van der Waals surface area contributed by atoms with Crippen LogP contribution in [0.25, 0.3) is 0 Å². The molecule has 0 aliphatic carbocycles. The van der Waals surface area contributed by atoms with Crippen LogP contribution in [-0.2, 0) is 10.6 Å². The average molecular weight is 337 g/mol. The van der Waals surface area contributed by atoms with Gasteiger partial charge in [-0.25, -0.2) is 0 Å². The normalized spacial score (nSPS) is 12.5. The summed E-state index contributed by atoms with van der Waals surface area (Å²) >= 11 is -4.12. The summed E-state index contributed by atoms with van der Waals surface area (Å²) in [5.41, 5.74) is 0.973. The van der Waals surface area contributed by atoms with E-state index in [1.54, 1.807) is 34.1 Å². The van der Waals surface area contributed by atoms with E-state index in [0.29, 0.717) is 24.3 Å². The van der Waals surface area contributed by atoms with E-state index >= 15 is 0 Å². The Morgan fingerprint density at radius 2 is 1.55 bits per heavy atom. The van der Waals surface area contributed by atoms with Crippen molar-refractivity contribution in [2.24, 2.45) is 0 Å². The first-order valence-electron chi connectivity index (χ1n) is 7.30. The third kappa shape index (κ3) is 5.62. The molecule has 4 nitrogen and oxygen atoms in total. The van der Waals surface area contributed by atoms with Gasteiger partial charge in [-0.2, -0.15) is 4.31 Å². The second kappa shape index (κ2) is 9.17. The molecule has 0 heterocycles. The number of hydrogen-bond donors (Lipinski definition) is 0. The van der Waals surface area contributed by atoms with Crippen molar-refractivity contribution in [3.63, 3.8) is 0 Å². The molecule has 0 spiro atoms. The fraction of sp³-hybridized carbons (Fsp3) is 0.600. The van der Waals surface area contributed by atoms with Crippen LogP contribution in [0.1, 0.15) is 25.8 Å². The highest BCUT2D eigenvalue weighted by atomic mass is 32.3. The van der Waals surface area contributed by atoms with E-state index in [1.807, 2.05) is 12.1 Å². The van der Waals surface area contributed by atoms with Gasteiger partial charge in [-0.05, 0) is 30.5 Å². The Morgan fingerprint density at radius 1 is 1.00 bits per heavy atom. The third-order valence-electron chi connectivity index (χ3n) is 3.25. The maximum Gasteiger partial charge on any atom is 0.241 e. The molecule has 128 valence electrons. The predicted molar refractivity (Wildman–Crippen MR) is 86.5 cm³/mol. The van der Waals surface area contributed by atoms with E-state index in [1.165, 1.54) is 0 Å². The highest BCUT2D eigenvalue weighted by molar-refractivity contribution is 8.19. The minimum Gasteiger partial charge on any atom is -0.497 e. The average Bonchev–Trinajstić information content (AvgIpc) is 2.52. The second-order valence-corrected chi connectivity index (χ2v) is 6.20. The van der Waals surface area contributed by atoms with E-state index in [2.05, 4.69) is 0 Å². The summed E-state index contributed by atoms with van der Waals surface area (Å²) in [6, 6.07) is 5.52. The van der Waals surface area contributed by atoms with Crippen molar-refractivity contribution in [3.05, 3.63) is 23.8 Å². The zero-order chi connectivity index (χ0) is 16.6. The molecule has 22 heavy (non-hydrogen) atoms. The Kier molecular flexibility index (Phi) is 7.92. The van der Waals surface area contributed by atoms with Crippen LogP contribution >= 0.6 is 11.3 Å². The van der Waals surface area contributed by atoms with Gasteiger partial charge in [0.25, 0.3) is 0 Å². The SMILES string of the molecule is CCN(CC)S(F)(F)OCCCc1cc(OC)cc(OC)c1. The van der Waals surface area contributed by atoms with E-state index in [-0.39, 0.29) is 19.7 Å². The van der Waals surface area contributed by atoms with Crippen molar-refractivity contribution in [2.45, 2.75) is 26.7 Å². The van der Waals surface area contributed by atoms with Crippen molar-refractivity contribution in [2.75, 3.05) is 33.9 Å². The molecular formula is C15H25F2NO3S. The lowest BCUT2D eigenvalue weighted by molar-refractivity contribution is 0.261. The van der Waals surface area contributed by atoms with Crippen LogP contribution in [0.15, 0.2) is 18.2 Å². The van der Waals surface area contributed by atoms with Gasteiger partial charge in [0, 0.05) is 19.2 Å². The monoisotopic (exact) mass is 337 g/mol. The summed E-state index contributed by atoms with van der Waals surface area (Å²) < 4.78 is 43.9. The van der Waals surface area contributed by atoms with E-state index in [9.17, 15) is 7.77 Å². The Hall–Kier alpha value is -1.05. The largest absolute Gasteiger partial charge is 0.497 e. The number of rotatable bonds is 10. The standard InChI is InChI=1S/C15H25F2NO3S/c1-5-18(6-2)22(16,17)21-9-7-8-13-10-14(19-3)12-15(11-13)20-4/h10-12H,5-9H2,1-4H3.